The first-order valence-electron chi connectivity index (χ1n) is 10.8. The van der Waals surface area contributed by atoms with Crippen molar-refractivity contribution in [1.29, 1.82) is 0 Å². The van der Waals surface area contributed by atoms with Crippen LogP contribution in [0, 0.1) is 5.82 Å². The van der Waals surface area contributed by atoms with Crippen LogP contribution in [0.25, 0.3) is 11.6 Å². The summed E-state index contributed by atoms with van der Waals surface area (Å²) in [6.45, 7) is 10.7. The Morgan fingerprint density at radius 3 is 2.53 bits per heavy atom. The van der Waals surface area contributed by atoms with Gasteiger partial charge in [-0.15, -0.1) is 0 Å². The lowest BCUT2D eigenvalue weighted by Gasteiger charge is -2.46. The summed E-state index contributed by atoms with van der Waals surface area (Å²) in [7, 11) is 0. The predicted octanol–water partition coefficient (Wildman–Crippen LogP) is 5.33. The van der Waals surface area contributed by atoms with E-state index in [9.17, 15) is 14.0 Å². The molecule has 2 aliphatic heterocycles. The molecule has 0 atom stereocenters. The van der Waals surface area contributed by atoms with Crippen LogP contribution in [0.4, 0.5) is 14.9 Å². The second kappa shape index (κ2) is 7.93. The molecule has 5 nitrogen and oxygen atoms in total. The monoisotopic (exact) mass is 433 g/mol. The first-order valence-corrected chi connectivity index (χ1v) is 10.8. The average Bonchev–Trinajstić information content (AvgIpc) is 2.96. The van der Waals surface area contributed by atoms with E-state index in [1.165, 1.54) is 11.6 Å². The maximum atomic E-state index is 14.0. The Morgan fingerprint density at radius 1 is 1.12 bits per heavy atom. The highest BCUT2D eigenvalue weighted by Gasteiger charge is 2.35. The number of halogens is 1. The van der Waals surface area contributed by atoms with Crippen molar-refractivity contribution in [2.45, 2.75) is 52.7 Å². The van der Waals surface area contributed by atoms with E-state index < -0.39 is 17.8 Å². The van der Waals surface area contributed by atoms with Crippen molar-refractivity contribution in [2.75, 3.05) is 4.90 Å². The molecule has 0 unspecified atom stereocenters. The van der Waals surface area contributed by atoms with E-state index in [-0.39, 0.29) is 17.8 Å². The number of amides is 3. The lowest BCUT2D eigenvalue weighted by Crippen LogP contribution is -2.49. The van der Waals surface area contributed by atoms with Crippen molar-refractivity contribution in [3.8, 4) is 0 Å². The number of carbonyl (C=O) groups excluding carboxylic acids is 2. The van der Waals surface area contributed by atoms with Gasteiger partial charge in [-0.3, -0.25) is 9.69 Å². The molecule has 0 bridgehead atoms. The molecule has 2 aliphatic rings. The lowest BCUT2D eigenvalue weighted by molar-refractivity contribution is -0.123. The van der Waals surface area contributed by atoms with Gasteiger partial charge in [0.05, 0.1) is 12.1 Å². The summed E-state index contributed by atoms with van der Waals surface area (Å²) in [5, 5.41) is 2.62. The molecular formula is C26H28FN3O2. The molecule has 0 saturated carbocycles. The molecule has 0 aromatic heterocycles. The van der Waals surface area contributed by atoms with Crippen molar-refractivity contribution < 1.29 is 14.0 Å². The first-order chi connectivity index (χ1) is 15.1. The summed E-state index contributed by atoms with van der Waals surface area (Å²) in [6, 6.07) is 12.0. The molecule has 0 radical (unpaired) electrons. The minimum absolute atomic E-state index is 0.103. The molecule has 2 heterocycles. The van der Waals surface area contributed by atoms with Crippen LogP contribution in [0.3, 0.4) is 0 Å². The fourth-order valence-corrected chi connectivity index (χ4v) is 4.78. The largest absolute Gasteiger partial charge is 0.360 e. The van der Waals surface area contributed by atoms with Gasteiger partial charge < -0.3 is 10.2 Å². The van der Waals surface area contributed by atoms with Crippen molar-refractivity contribution >= 4 is 29.3 Å². The maximum Gasteiger partial charge on any atom is 0.329 e. The SMILES string of the molecule is CC1=CC(C)(C)N(C(C)C)c2ccc(/C=C3\NC(=O)N(Cc4ccccc4F)C3=O)cc21. The molecule has 2 aromatic rings. The molecule has 166 valence electrons. The van der Waals surface area contributed by atoms with E-state index in [0.29, 0.717) is 11.6 Å². The number of benzene rings is 2. The highest BCUT2D eigenvalue weighted by atomic mass is 19.1. The van der Waals surface area contributed by atoms with Crippen LogP contribution in [0.5, 0.6) is 0 Å². The summed E-state index contributed by atoms with van der Waals surface area (Å²) < 4.78 is 14.0. The second-order valence-electron chi connectivity index (χ2n) is 9.19. The number of allylic oxidation sites excluding steroid dienone is 1. The highest BCUT2D eigenvalue weighted by molar-refractivity contribution is 6.14. The minimum Gasteiger partial charge on any atom is -0.360 e. The standard InChI is InChI=1S/C26H28FN3O2/c1-16(2)30-23-11-10-18(12-20(23)17(3)14-26(30,4)5)13-22-24(31)29(25(32)28-22)15-19-8-6-7-9-21(19)27/h6-14,16H,15H2,1-5H3,(H,28,32)/b22-13-. The minimum atomic E-state index is -0.550. The van der Waals surface area contributed by atoms with Crippen LogP contribution >= 0.6 is 0 Å². The predicted molar refractivity (Wildman–Crippen MR) is 125 cm³/mol. The molecule has 6 heteroatoms. The van der Waals surface area contributed by atoms with Crippen LogP contribution in [0.15, 0.2) is 54.2 Å². The third-order valence-corrected chi connectivity index (χ3v) is 5.97. The second-order valence-corrected chi connectivity index (χ2v) is 9.19. The molecular weight excluding hydrogens is 405 g/mol. The Hall–Kier alpha value is -3.41. The number of imide groups is 1. The number of nitrogens with one attached hydrogen (secondary N) is 1. The van der Waals surface area contributed by atoms with Crippen LogP contribution in [-0.2, 0) is 11.3 Å². The van der Waals surface area contributed by atoms with Gasteiger partial charge in [0.2, 0.25) is 0 Å². The first kappa shape index (κ1) is 21.8. The Kier molecular flexibility index (Phi) is 5.41. The van der Waals surface area contributed by atoms with Gasteiger partial charge >= 0.3 is 6.03 Å². The molecule has 3 amide bonds. The zero-order valence-corrected chi connectivity index (χ0v) is 19.1. The fraction of sp³-hybridized carbons (Fsp3) is 0.308. The molecule has 1 fully saturated rings. The Labute approximate surface area is 188 Å². The number of hydrogen-bond donors (Lipinski definition) is 1. The number of rotatable bonds is 4. The van der Waals surface area contributed by atoms with Crippen molar-refractivity contribution in [2.24, 2.45) is 0 Å². The van der Waals surface area contributed by atoms with E-state index in [2.05, 4.69) is 57.0 Å². The average molecular weight is 434 g/mol. The van der Waals surface area contributed by atoms with E-state index in [1.54, 1.807) is 24.3 Å². The summed E-state index contributed by atoms with van der Waals surface area (Å²) in [5.74, 6) is -0.909. The third kappa shape index (κ3) is 3.81. The van der Waals surface area contributed by atoms with Gasteiger partial charge in [-0.2, -0.15) is 0 Å². The van der Waals surface area contributed by atoms with Gasteiger partial charge in [0.25, 0.3) is 5.91 Å². The summed E-state index contributed by atoms with van der Waals surface area (Å²) in [6.07, 6.45) is 3.93. The van der Waals surface area contributed by atoms with Crippen molar-refractivity contribution in [3.63, 3.8) is 0 Å². The number of fused-ring (bicyclic) bond motifs is 1. The fourth-order valence-electron chi connectivity index (χ4n) is 4.78. The molecule has 32 heavy (non-hydrogen) atoms. The van der Waals surface area contributed by atoms with Crippen LogP contribution in [0.1, 0.15) is 51.3 Å². The Bertz CT molecular complexity index is 1160. The number of anilines is 1. The van der Waals surface area contributed by atoms with Crippen LogP contribution < -0.4 is 10.2 Å². The lowest BCUT2D eigenvalue weighted by atomic mass is 9.87. The molecule has 0 aliphatic carbocycles. The van der Waals surface area contributed by atoms with Crippen molar-refractivity contribution in [1.82, 2.24) is 10.2 Å². The number of hydrogen-bond acceptors (Lipinski definition) is 3. The summed E-state index contributed by atoms with van der Waals surface area (Å²) in [5.41, 5.74) is 4.62. The Balaban J connectivity index is 1.64. The van der Waals surface area contributed by atoms with Gasteiger partial charge in [0, 0.05) is 22.9 Å². The normalized spacial score (nSPS) is 18.8. The zero-order chi connectivity index (χ0) is 23.2. The quantitative estimate of drug-likeness (QED) is 0.524. The van der Waals surface area contributed by atoms with Gasteiger partial charge in [0.15, 0.2) is 0 Å². The van der Waals surface area contributed by atoms with Gasteiger partial charge in [-0.1, -0.05) is 30.3 Å². The van der Waals surface area contributed by atoms with Crippen LogP contribution in [0.2, 0.25) is 0 Å². The zero-order valence-electron chi connectivity index (χ0n) is 19.1. The number of urea groups is 1. The number of carbonyl (C=O) groups is 2. The van der Waals surface area contributed by atoms with Gasteiger partial charge in [0.1, 0.15) is 11.5 Å². The number of nitrogens with zero attached hydrogens (tertiary/aromatic N) is 2. The van der Waals surface area contributed by atoms with E-state index in [1.807, 2.05) is 12.1 Å². The van der Waals surface area contributed by atoms with E-state index in [0.717, 1.165) is 21.7 Å². The topological polar surface area (TPSA) is 52.7 Å². The highest BCUT2D eigenvalue weighted by Crippen LogP contribution is 2.40. The molecule has 1 saturated heterocycles. The summed E-state index contributed by atoms with van der Waals surface area (Å²) >= 11 is 0. The van der Waals surface area contributed by atoms with Gasteiger partial charge in [-0.25, -0.2) is 9.18 Å². The smallest absolute Gasteiger partial charge is 0.329 e. The maximum absolute atomic E-state index is 14.0. The molecule has 0 spiro atoms. The van der Waals surface area contributed by atoms with Gasteiger partial charge in [-0.05, 0) is 70.0 Å². The van der Waals surface area contributed by atoms with E-state index in [4.69, 9.17) is 0 Å². The van der Waals surface area contributed by atoms with Crippen molar-refractivity contribution in [3.05, 3.63) is 76.7 Å². The van der Waals surface area contributed by atoms with E-state index >= 15 is 0 Å². The Morgan fingerprint density at radius 2 is 1.84 bits per heavy atom. The molecule has 4 rings (SSSR count). The molecule has 1 N–H and O–H groups in total. The molecule has 2 aromatic carbocycles. The third-order valence-electron chi connectivity index (χ3n) is 5.97. The summed E-state index contributed by atoms with van der Waals surface area (Å²) in [4.78, 5) is 28.6. The van der Waals surface area contributed by atoms with Crippen LogP contribution in [-0.4, -0.2) is 28.4 Å².